The summed E-state index contributed by atoms with van der Waals surface area (Å²) in [4.78, 5) is 7.78. The number of anilines is 9. The molecule has 0 fully saturated rings. The monoisotopic (exact) mass is 1060 g/mol. The average molecular weight is 1060 g/mol. The van der Waals surface area contributed by atoms with Crippen molar-refractivity contribution in [3.8, 4) is 5.69 Å². The molecule has 5 heteroatoms. The summed E-state index contributed by atoms with van der Waals surface area (Å²) in [5.74, 6) is 0. The standard InChI is InChI=1S/C76H81BN4/c1-48-41-53(75(12,13)14)42-49(2)71(48)81-67-47-59(78(56-32-27-50(28-33-56)72(3,4)5)58-36-38-61-60-25-21-22-26-64(60)79(65(61)46-58)55-23-19-18-20-24-55)37-40-63(67)77-62-39-31-52(74(9,10)11)43-66(62)80(57-34-29-51(30-35-57)73(6,7)8)68-44-54(76(15,16)17)45-69(81)70(68)77/h18-47H,1-17H3. The first-order valence-corrected chi connectivity index (χ1v) is 29.5. The van der Waals surface area contributed by atoms with Crippen LogP contribution in [0.15, 0.2) is 182 Å². The van der Waals surface area contributed by atoms with E-state index in [1.807, 2.05) is 0 Å². The number of hydrogen-bond donors (Lipinski definition) is 0. The van der Waals surface area contributed by atoms with Crippen molar-refractivity contribution < 1.29 is 0 Å². The smallest absolute Gasteiger partial charge is 0.252 e. The van der Waals surface area contributed by atoms with Gasteiger partial charge in [-0.1, -0.05) is 201 Å². The van der Waals surface area contributed by atoms with E-state index in [1.165, 1.54) is 111 Å². The van der Waals surface area contributed by atoms with Crippen LogP contribution in [0.5, 0.6) is 0 Å². The van der Waals surface area contributed by atoms with Gasteiger partial charge in [0.25, 0.3) is 6.71 Å². The summed E-state index contributed by atoms with van der Waals surface area (Å²) in [6.07, 6.45) is 0. The van der Waals surface area contributed by atoms with Gasteiger partial charge >= 0.3 is 0 Å². The highest BCUT2D eigenvalue weighted by molar-refractivity contribution is 7.00. The lowest BCUT2D eigenvalue weighted by Gasteiger charge is -2.46. The third kappa shape index (κ3) is 9.26. The molecule has 0 unspecified atom stereocenters. The third-order valence-corrected chi connectivity index (χ3v) is 17.5. The van der Waals surface area contributed by atoms with Gasteiger partial charge in [-0.2, -0.15) is 0 Å². The number of para-hydroxylation sites is 2. The highest BCUT2D eigenvalue weighted by Crippen LogP contribution is 2.50. The molecule has 81 heavy (non-hydrogen) atoms. The molecule has 0 spiro atoms. The van der Waals surface area contributed by atoms with Crippen LogP contribution in [-0.2, 0) is 27.1 Å². The summed E-state index contributed by atoms with van der Waals surface area (Å²) >= 11 is 0. The van der Waals surface area contributed by atoms with Gasteiger partial charge in [-0.05, 0) is 181 Å². The highest BCUT2D eigenvalue weighted by Gasteiger charge is 2.45. The van der Waals surface area contributed by atoms with Crippen molar-refractivity contribution in [1.29, 1.82) is 0 Å². The topological polar surface area (TPSA) is 14.7 Å². The van der Waals surface area contributed by atoms with Crippen LogP contribution in [0, 0.1) is 13.8 Å². The van der Waals surface area contributed by atoms with Crippen molar-refractivity contribution in [3.63, 3.8) is 0 Å². The minimum absolute atomic E-state index is 0.00296. The van der Waals surface area contributed by atoms with Crippen molar-refractivity contribution in [2.24, 2.45) is 0 Å². The first-order valence-electron chi connectivity index (χ1n) is 29.5. The highest BCUT2D eigenvalue weighted by atomic mass is 15.2. The Labute approximate surface area is 484 Å². The Morgan fingerprint density at radius 1 is 0.333 bits per heavy atom. The van der Waals surface area contributed by atoms with Gasteiger partial charge in [-0.25, -0.2) is 0 Å². The van der Waals surface area contributed by atoms with Crippen molar-refractivity contribution in [1.82, 2.24) is 4.57 Å². The molecule has 0 amide bonds. The zero-order chi connectivity index (χ0) is 57.5. The zero-order valence-corrected chi connectivity index (χ0v) is 51.2. The summed E-state index contributed by atoms with van der Waals surface area (Å²) < 4.78 is 2.44. The Hall–Kier alpha value is -7.76. The summed E-state index contributed by atoms with van der Waals surface area (Å²) in [5, 5.41) is 2.47. The van der Waals surface area contributed by atoms with Crippen LogP contribution in [0.2, 0.25) is 0 Å². The normalized spacial score (nSPS) is 13.7. The number of benzene rings is 9. The molecule has 12 rings (SSSR count). The maximum atomic E-state index is 2.67. The van der Waals surface area contributed by atoms with E-state index >= 15 is 0 Å². The number of rotatable bonds is 6. The van der Waals surface area contributed by atoms with Crippen LogP contribution in [0.25, 0.3) is 27.5 Å². The second-order valence-electron chi connectivity index (χ2n) is 28.6. The SMILES string of the molecule is Cc1cc(C(C)(C)C)cc(C)c1N1c2cc(N(c3ccc(C(C)(C)C)cc3)c3ccc4c5ccccc5n(-c5ccccc5)c4c3)ccc2B2c3ccc(C(C)(C)C)cc3N(c3ccc(C(C)(C)C)cc3)c3cc(C(C)(C)C)cc1c32. The molecular weight excluding hydrogens is 980 g/mol. The van der Waals surface area contributed by atoms with E-state index < -0.39 is 0 Å². The number of aryl methyl sites for hydroxylation is 2. The molecular formula is C76H81BN4. The first-order chi connectivity index (χ1) is 38.2. The molecule has 0 saturated heterocycles. The third-order valence-electron chi connectivity index (χ3n) is 17.5. The zero-order valence-electron chi connectivity index (χ0n) is 51.2. The number of nitrogens with zero attached hydrogens (tertiary/aromatic N) is 4. The van der Waals surface area contributed by atoms with Gasteiger partial charge in [0.2, 0.25) is 0 Å². The van der Waals surface area contributed by atoms with Crippen LogP contribution in [0.3, 0.4) is 0 Å². The number of hydrogen-bond acceptors (Lipinski definition) is 3. The van der Waals surface area contributed by atoms with Gasteiger partial charge in [0.05, 0.1) is 16.7 Å². The van der Waals surface area contributed by atoms with Crippen LogP contribution in [0.4, 0.5) is 51.2 Å². The Balaban J connectivity index is 1.17. The lowest BCUT2D eigenvalue weighted by atomic mass is 9.33. The lowest BCUT2D eigenvalue weighted by molar-refractivity contribution is 0.589. The second kappa shape index (κ2) is 18.9. The average Bonchev–Trinajstić information content (AvgIpc) is 3.75. The van der Waals surface area contributed by atoms with Gasteiger partial charge in [0.15, 0.2) is 0 Å². The number of aromatic nitrogens is 1. The molecule has 2 aliphatic heterocycles. The van der Waals surface area contributed by atoms with Crippen LogP contribution in [0.1, 0.15) is 143 Å². The van der Waals surface area contributed by atoms with Crippen molar-refractivity contribution in [2.45, 2.75) is 145 Å². The molecule has 4 nitrogen and oxygen atoms in total. The van der Waals surface area contributed by atoms with E-state index in [2.05, 4.69) is 319 Å². The molecule has 0 bridgehead atoms. The van der Waals surface area contributed by atoms with E-state index in [-0.39, 0.29) is 33.8 Å². The number of fused-ring (bicyclic) bond motifs is 7. The van der Waals surface area contributed by atoms with Gasteiger partial charge in [0.1, 0.15) is 0 Å². The minimum Gasteiger partial charge on any atom is -0.311 e. The van der Waals surface area contributed by atoms with Crippen LogP contribution >= 0.6 is 0 Å². The van der Waals surface area contributed by atoms with Crippen molar-refractivity contribution in [3.05, 3.63) is 221 Å². The van der Waals surface area contributed by atoms with Crippen LogP contribution < -0.4 is 31.1 Å². The van der Waals surface area contributed by atoms with E-state index in [4.69, 9.17) is 0 Å². The first kappa shape index (κ1) is 53.9. The Kier molecular flexibility index (Phi) is 12.6. The maximum Gasteiger partial charge on any atom is 0.252 e. The lowest BCUT2D eigenvalue weighted by Crippen LogP contribution is -2.61. The largest absolute Gasteiger partial charge is 0.311 e. The summed E-state index contributed by atoms with van der Waals surface area (Å²) in [5.41, 5.74) is 27.0. The van der Waals surface area contributed by atoms with E-state index in [0.717, 1.165) is 22.7 Å². The molecule has 3 heterocycles. The molecule has 0 atom stereocenters. The van der Waals surface area contributed by atoms with E-state index in [1.54, 1.807) is 0 Å². The second-order valence-corrected chi connectivity index (χ2v) is 28.6. The van der Waals surface area contributed by atoms with Gasteiger partial charge in [-0.3, -0.25) is 0 Å². The fourth-order valence-corrected chi connectivity index (χ4v) is 12.9. The Morgan fingerprint density at radius 3 is 1.37 bits per heavy atom. The van der Waals surface area contributed by atoms with Crippen molar-refractivity contribution >= 4 is 96.1 Å². The molecule has 2 aliphatic rings. The summed E-state index contributed by atoms with van der Waals surface area (Å²) in [6, 6.07) is 70.3. The fraction of sp³-hybridized carbons (Fsp3) is 0.289. The minimum atomic E-state index is -0.165. The molecule has 0 N–H and O–H groups in total. The Morgan fingerprint density at radius 2 is 0.778 bits per heavy atom. The van der Waals surface area contributed by atoms with E-state index in [9.17, 15) is 0 Å². The molecule has 1 aromatic heterocycles. The molecule has 0 aliphatic carbocycles. The fourth-order valence-electron chi connectivity index (χ4n) is 12.9. The van der Waals surface area contributed by atoms with E-state index in [0.29, 0.717) is 0 Å². The molecule has 9 aromatic carbocycles. The molecule has 0 radical (unpaired) electrons. The Bertz CT molecular complexity index is 4060. The summed E-state index contributed by atoms with van der Waals surface area (Å²) in [7, 11) is 0. The molecule has 10 aromatic rings. The van der Waals surface area contributed by atoms with Gasteiger partial charge in [0, 0.05) is 62.0 Å². The molecule has 408 valence electrons. The van der Waals surface area contributed by atoms with Crippen LogP contribution in [-0.4, -0.2) is 11.3 Å². The van der Waals surface area contributed by atoms with Gasteiger partial charge in [-0.15, -0.1) is 0 Å². The maximum absolute atomic E-state index is 2.67. The predicted molar refractivity (Wildman–Crippen MR) is 352 cm³/mol. The van der Waals surface area contributed by atoms with Gasteiger partial charge < -0.3 is 19.3 Å². The quantitative estimate of drug-likeness (QED) is 0.154. The molecule has 0 saturated carbocycles. The summed E-state index contributed by atoms with van der Waals surface area (Å²) in [6.45, 7) is 39.6. The predicted octanol–water partition coefficient (Wildman–Crippen LogP) is 19.4. The van der Waals surface area contributed by atoms with Crippen molar-refractivity contribution in [2.75, 3.05) is 14.7 Å².